The summed E-state index contributed by atoms with van der Waals surface area (Å²) in [5.41, 5.74) is 1.04. The van der Waals surface area contributed by atoms with Gasteiger partial charge in [0.2, 0.25) is 0 Å². The molecule has 2 aromatic heterocycles. The standard InChI is InChI=1S/C18H16F3N3O/c1-11-3-8-15-23-12(2)16(24(15)10-11)17(25)22-9-13-4-6-14(7-5-13)18(19,20)21/h3-8,10H,9H2,1-2H3,(H,22,25)/i9D2. The molecule has 0 aliphatic heterocycles. The van der Waals surface area contributed by atoms with E-state index >= 15 is 0 Å². The molecule has 0 saturated carbocycles. The molecular weight excluding hydrogens is 331 g/mol. The van der Waals surface area contributed by atoms with E-state index in [1.54, 1.807) is 23.6 Å². The normalized spacial score (nSPS) is 13.5. The number of amides is 1. The second-order valence-corrected chi connectivity index (χ2v) is 5.63. The van der Waals surface area contributed by atoms with Crippen LogP contribution in [0.5, 0.6) is 0 Å². The maximum absolute atomic E-state index is 12.7. The SMILES string of the molecule is [2H]C([2H])(NC(=O)c1c(C)nc2ccc(C)cn12)c1ccc(C(F)(F)F)cc1. The number of halogens is 3. The summed E-state index contributed by atoms with van der Waals surface area (Å²) in [6, 6.07) is 7.15. The van der Waals surface area contributed by atoms with Crippen LogP contribution in [0.4, 0.5) is 13.2 Å². The molecule has 25 heavy (non-hydrogen) atoms. The van der Waals surface area contributed by atoms with Gasteiger partial charge in [0.1, 0.15) is 11.3 Å². The predicted molar refractivity (Wildman–Crippen MR) is 87.3 cm³/mol. The summed E-state index contributed by atoms with van der Waals surface area (Å²) in [6.45, 7) is 1.12. The monoisotopic (exact) mass is 349 g/mol. The number of carbonyl (C=O) groups excluding carboxylic acids is 1. The van der Waals surface area contributed by atoms with Gasteiger partial charge in [0, 0.05) is 12.7 Å². The molecule has 0 aliphatic rings. The van der Waals surface area contributed by atoms with E-state index in [-0.39, 0.29) is 11.3 Å². The summed E-state index contributed by atoms with van der Waals surface area (Å²) in [7, 11) is 0. The average Bonchev–Trinajstić information content (AvgIpc) is 2.89. The second kappa shape index (κ2) is 6.23. The Labute approximate surface area is 145 Å². The molecule has 3 rings (SSSR count). The lowest BCUT2D eigenvalue weighted by Gasteiger charge is -2.09. The van der Waals surface area contributed by atoms with Crippen molar-refractivity contribution < 1.29 is 20.7 Å². The van der Waals surface area contributed by atoms with Crippen LogP contribution >= 0.6 is 0 Å². The highest BCUT2D eigenvalue weighted by Gasteiger charge is 2.29. The summed E-state index contributed by atoms with van der Waals surface area (Å²) in [5.74, 6) is -0.713. The van der Waals surface area contributed by atoms with Crippen molar-refractivity contribution in [2.45, 2.75) is 26.5 Å². The molecular formula is C18H16F3N3O. The first kappa shape index (κ1) is 14.5. The van der Waals surface area contributed by atoms with E-state index in [1.807, 2.05) is 13.0 Å². The molecule has 7 heteroatoms. The Morgan fingerprint density at radius 3 is 2.52 bits per heavy atom. The van der Waals surface area contributed by atoms with Crippen LogP contribution in [0.3, 0.4) is 0 Å². The van der Waals surface area contributed by atoms with Crippen molar-refractivity contribution in [3.05, 3.63) is 70.7 Å². The predicted octanol–water partition coefficient (Wildman–Crippen LogP) is 3.90. The number of nitrogens with one attached hydrogen (secondary N) is 1. The van der Waals surface area contributed by atoms with Crippen molar-refractivity contribution in [3.8, 4) is 0 Å². The van der Waals surface area contributed by atoms with Crippen LogP contribution in [0.15, 0.2) is 42.6 Å². The van der Waals surface area contributed by atoms with Crippen LogP contribution in [0, 0.1) is 13.8 Å². The molecule has 130 valence electrons. The number of imidazole rings is 1. The van der Waals surface area contributed by atoms with Gasteiger partial charge in [0.05, 0.1) is 14.0 Å². The zero-order valence-corrected chi connectivity index (χ0v) is 13.5. The third-order valence-electron chi connectivity index (χ3n) is 3.69. The fourth-order valence-corrected chi connectivity index (χ4v) is 2.47. The molecule has 0 atom stereocenters. The zero-order chi connectivity index (χ0) is 20.0. The topological polar surface area (TPSA) is 46.4 Å². The molecule has 4 nitrogen and oxygen atoms in total. The van der Waals surface area contributed by atoms with Crippen molar-refractivity contribution in [3.63, 3.8) is 0 Å². The van der Waals surface area contributed by atoms with Gasteiger partial charge in [-0.2, -0.15) is 13.2 Å². The van der Waals surface area contributed by atoms with Crippen LogP contribution in [0.25, 0.3) is 5.65 Å². The maximum Gasteiger partial charge on any atom is 0.416 e. The molecule has 3 aromatic rings. The number of nitrogens with zero attached hydrogens (tertiary/aromatic N) is 2. The average molecular weight is 349 g/mol. The largest absolute Gasteiger partial charge is 0.416 e. The lowest BCUT2D eigenvalue weighted by atomic mass is 10.1. The number of hydrogen-bond acceptors (Lipinski definition) is 2. The molecule has 1 amide bonds. The Morgan fingerprint density at radius 2 is 1.88 bits per heavy atom. The molecule has 0 spiro atoms. The van der Waals surface area contributed by atoms with Crippen LogP contribution < -0.4 is 5.32 Å². The first-order valence-electron chi connectivity index (χ1n) is 8.44. The molecule has 0 fully saturated rings. The molecule has 0 unspecified atom stereocenters. The number of rotatable bonds is 3. The van der Waals surface area contributed by atoms with E-state index in [1.165, 1.54) is 0 Å². The lowest BCUT2D eigenvalue weighted by molar-refractivity contribution is -0.137. The minimum atomic E-state index is -4.51. The third kappa shape index (κ3) is 3.50. The highest BCUT2D eigenvalue weighted by molar-refractivity contribution is 5.94. The Balaban J connectivity index is 1.91. The van der Waals surface area contributed by atoms with Gasteiger partial charge >= 0.3 is 6.18 Å². The Kier molecular flexibility index (Phi) is 3.62. The minimum absolute atomic E-state index is 0.0912. The third-order valence-corrected chi connectivity index (χ3v) is 3.69. The first-order chi connectivity index (χ1) is 12.5. The van der Waals surface area contributed by atoms with Gasteiger partial charge in [-0.05, 0) is 43.2 Å². The van der Waals surface area contributed by atoms with Crippen LogP contribution in [-0.4, -0.2) is 15.3 Å². The van der Waals surface area contributed by atoms with Crippen LogP contribution in [0.1, 0.15) is 35.6 Å². The van der Waals surface area contributed by atoms with E-state index in [0.717, 1.165) is 29.8 Å². The molecule has 1 aromatic carbocycles. The lowest BCUT2D eigenvalue weighted by Crippen LogP contribution is -2.25. The Hall–Kier alpha value is -2.83. The van der Waals surface area contributed by atoms with Gasteiger partial charge in [-0.15, -0.1) is 0 Å². The van der Waals surface area contributed by atoms with Crippen LogP contribution in [-0.2, 0) is 12.7 Å². The van der Waals surface area contributed by atoms with Gasteiger partial charge in [-0.3, -0.25) is 9.20 Å². The van der Waals surface area contributed by atoms with Crippen molar-refractivity contribution in [2.75, 3.05) is 0 Å². The van der Waals surface area contributed by atoms with E-state index < -0.39 is 24.1 Å². The number of benzene rings is 1. The highest BCUT2D eigenvalue weighted by Crippen LogP contribution is 2.29. The second-order valence-electron chi connectivity index (χ2n) is 5.63. The van der Waals surface area contributed by atoms with Gasteiger partial charge in [-0.1, -0.05) is 18.2 Å². The number of carbonyl (C=O) groups is 1. The van der Waals surface area contributed by atoms with E-state index in [4.69, 9.17) is 2.74 Å². The smallest absolute Gasteiger partial charge is 0.347 e. The summed E-state index contributed by atoms with van der Waals surface area (Å²) < 4.78 is 55.7. The quantitative estimate of drug-likeness (QED) is 0.779. The van der Waals surface area contributed by atoms with Gasteiger partial charge < -0.3 is 5.32 Å². The summed E-state index contributed by atoms with van der Waals surface area (Å²) in [4.78, 5) is 16.9. The minimum Gasteiger partial charge on any atom is -0.347 e. The molecule has 0 aliphatic carbocycles. The fourth-order valence-electron chi connectivity index (χ4n) is 2.47. The molecule has 1 N–H and O–H groups in total. The number of alkyl halides is 3. The van der Waals surface area contributed by atoms with Crippen LogP contribution in [0.2, 0.25) is 0 Å². The number of hydrogen-bond donors (Lipinski definition) is 1. The number of pyridine rings is 1. The van der Waals surface area contributed by atoms with E-state index in [2.05, 4.69) is 10.3 Å². The number of aromatic nitrogens is 2. The summed E-state index contributed by atoms with van der Waals surface area (Å²) in [6.07, 6.45) is -2.81. The van der Waals surface area contributed by atoms with Gasteiger partial charge in [0.25, 0.3) is 5.91 Å². The first-order valence-corrected chi connectivity index (χ1v) is 7.44. The fraction of sp³-hybridized carbons (Fsp3) is 0.222. The zero-order valence-electron chi connectivity index (χ0n) is 15.5. The summed E-state index contributed by atoms with van der Waals surface area (Å²) in [5, 5.41) is 2.24. The summed E-state index contributed by atoms with van der Waals surface area (Å²) >= 11 is 0. The van der Waals surface area contributed by atoms with Crippen molar-refractivity contribution in [1.82, 2.24) is 14.7 Å². The van der Waals surface area contributed by atoms with Crippen molar-refractivity contribution in [1.29, 1.82) is 0 Å². The Bertz CT molecular complexity index is 1010. The highest BCUT2D eigenvalue weighted by atomic mass is 19.4. The molecule has 0 saturated heterocycles. The van der Waals surface area contributed by atoms with E-state index in [9.17, 15) is 18.0 Å². The maximum atomic E-state index is 12.7. The number of aryl methyl sites for hydroxylation is 2. The molecule has 2 heterocycles. The number of fused-ring (bicyclic) bond motifs is 1. The van der Waals surface area contributed by atoms with E-state index in [0.29, 0.717) is 11.3 Å². The Morgan fingerprint density at radius 1 is 1.20 bits per heavy atom. The van der Waals surface area contributed by atoms with Crippen molar-refractivity contribution >= 4 is 11.6 Å². The molecule has 0 radical (unpaired) electrons. The molecule has 0 bridgehead atoms. The van der Waals surface area contributed by atoms with Crippen molar-refractivity contribution in [2.24, 2.45) is 0 Å². The van der Waals surface area contributed by atoms with Gasteiger partial charge in [-0.25, -0.2) is 4.98 Å². The van der Waals surface area contributed by atoms with Gasteiger partial charge in [0.15, 0.2) is 0 Å².